The highest BCUT2D eigenvalue weighted by Crippen LogP contribution is 2.50. The molecule has 0 fully saturated rings. The number of anilines is 2. The fourth-order valence-corrected chi connectivity index (χ4v) is 5.67. The van der Waals surface area contributed by atoms with Gasteiger partial charge in [-0.05, 0) is 72.9 Å². The third-order valence-corrected chi connectivity index (χ3v) is 7.84. The molecule has 1 aliphatic rings. The molecule has 45 heavy (non-hydrogen) atoms. The molecule has 11 heteroatoms. The van der Waals surface area contributed by atoms with Crippen molar-refractivity contribution in [2.75, 3.05) is 39.1 Å². The summed E-state index contributed by atoms with van der Waals surface area (Å²) in [6, 6.07) is 13.0. The van der Waals surface area contributed by atoms with E-state index < -0.39 is 12.1 Å². The van der Waals surface area contributed by atoms with Crippen molar-refractivity contribution in [3.05, 3.63) is 76.1 Å². The fraction of sp³-hybridized carbons (Fsp3) is 0.294. The van der Waals surface area contributed by atoms with Crippen LogP contribution in [0, 0.1) is 0 Å². The first-order valence-corrected chi connectivity index (χ1v) is 14.5. The Balaban J connectivity index is 1.50. The Kier molecular flexibility index (Phi) is 9.08. The normalized spacial score (nSPS) is 14.2. The van der Waals surface area contributed by atoms with Crippen molar-refractivity contribution in [2.45, 2.75) is 38.8 Å². The number of nitrogens with one attached hydrogen (secondary N) is 3. The highest BCUT2D eigenvalue weighted by atomic mass is 16.5. The van der Waals surface area contributed by atoms with Gasteiger partial charge in [-0.2, -0.15) is 0 Å². The Morgan fingerprint density at radius 3 is 2.40 bits per heavy atom. The molecule has 3 aromatic carbocycles. The number of methoxy groups -OCH3 is 4. The van der Waals surface area contributed by atoms with Gasteiger partial charge in [0, 0.05) is 23.9 Å². The summed E-state index contributed by atoms with van der Waals surface area (Å²) in [6.07, 6.45) is 2.69. The predicted molar refractivity (Wildman–Crippen MR) is 173 cm³/mol. The molecule has 0 bridgehead atoms. The van der Waals surface area contributed by atoms with Crippen molar-refractivity contribution in [1.82, 2.24) is 10.3 Å². The Morgan fingerprint density at radius 2 is 1.71 bits per heavy atom. The molecule has 5 rings (SSSR count). The van der Waals surface area contributed by atoms with Crippen LogP contribution < -0.4 is 40.3 Å². The van der Waals surface area contributed by atoms with Crippen molar-refractivity contribution >= 4 is 34.1 Å². The van der Waals surface area contributed by atoms with Gasteiger partial charge in [-0.3, -0.25) is 19.4 Å². The Labute approximate surface area is 260 Å². The number of pyridine rings is 1. The van der Waals surface area contributed by atoms with Gasteiger partial charge >= 0.3 is 0 Å². The van der Waals surface area contributed by atoms with Crippen LogP contribution in [0.5, 0.6) is 23.0 Å². The number of carbonyl (C=O) groups is 2. The molecule has 1 aliphatic carbocycles. The van der Waals surface area contributed by atoms with Gasteiger partial charge in [0.2, 0.25) is 23.0 Å². The quantitative estimate of drug-likeness (QED) is 0.242. The van der Waals surface area contributed by atoms with Crippen LogP contribution in [-0.4, -0.2) is 51.3 Å². The fourth-order valence-electron chi connectivity index (χ4n) is 5.67. The van der Waals surface area contributed by atoms with Gasteiger partial charge in [0.15, 0.2) is 11.5 Å². The Morgan fingerprint density at radius 1 is 0.933 bits per heavy atom. The maximum atomic E-state index is 13.6. The molecule has 2 amide bonds. The van der Waals surface area contributed by atoms with Crippen molar-refractivity contribution in [2.24, 2.45) is 0 Å². The van der Waals surface area contributed by atoms with Crippen molar-refractivity contribution in [3.8, 4) is 34.1 Å². The zero-order valence-corrected chi connectivity index (χ0v) is 26.1. The first kappa shape index (κ1) is 31.1. The van der Waals surface area contributed by atoms with E-state index in [-0.39, 0.29) is 22.9 Å². The molecule has 0 radical (unpaired) electrons. The SMILES string of the molecule is COc1ccc2cc(NC(=O)C(C)Nc3ccc4c(cc3=O)C(NC(C)=O)CCc3cc(OC)c(OC)c(OC)c3-4)cnc2c1. The van der Waals surface area contributed by atoms with Crippen LogP contribution in [0.2, 0.25) is 0 Å². The van der Waals surface area contributed by atoms with Crippen LogP contribution in [0.1, 0.15) is 37.4 Å². The molecule has 11 nitrogen and oxygen atoms in total. The maximum Gasteiger partial charge on any atom is 0.246 e. The van der Waals surface area contributed by atoms with E-state index >= 15 is 0 Å². The monoisotopic (exact) mass is 612 g/mol. The second-order valence-electron chi connectivity index (χ2n) is 10.7. The molecule has 234 valence electrons. The van der Waals surface area contributed by atoms with Crippen LogP contribution >= 0.6 is 0 Å². The molecule has 0 saturated carbocycles. The third kappa shape index (κ3) is 6.33. The number of fused-ring (bicyclic) bond motifs is 4. The average molecular weight is 613 g/mol. The summed E-state index contributed by atoms with van der Waals surface area (Å²) in [5.41, 5.74) is 4.12. The Hall–Kier alpha value is -5.32. The lowest BCUT2D eigenvalue weighted by Crippen LogP contribution is -2.33. The molecule has 2 unspecified atom stereocenters. The van der Waals surface area contributed by atoms with Crippen LogP contribution in [0.25, 0.3) is 22.0 Å². The van der Waals surface area contributed by atoms with Crippen LogP contribution in [0.4, 0.5) is 11.4 Å². The number of nitrogens with zero attached hydrogens (tertiary/aromatic N) is 1. The first-order valence-electron chi connectivity index (χ1n) is 14.5. The van der Waals surface area contributed by atoms with Crippen LogP contribution in [0.15, 0.2) is 59.5 Å². The molecule has 0 saturated heterocycles. The number of ether oxygens (including phenoxy) is 4. The van der Waals surface area contributed by atoms with E-state index in [9.17, 15) is 14.4 Å². The second kappa shape index (κ2) is 13.1. The second-order valence-corrected chi connectivity index (χ2v) is 10.7. The minimum absolute atomic E-state index is 0.219. The van der Waals surface area contributed by atoms with Gasteiger partial charge < -0.3 is 34.9 Å². The summed E-state index contributed by atoms with van der Waals surface area (Å²) >= 11 is 0. The minimum atomic E-state index is -0.774. The summed E-state index contributed by atoms with van der Waals surface area (Å²) in [5, 5.41) is 9.77. The van der Waals surface area contributed by atoms with Gasteiger partial charge in [-0.1, -0.05) is 6.07 Å². The molecule has 3 N–H and O–H groups in total. The van der Waals surface area contributed by atoms with Crippen molar-refractivity contribution in [3.63, 3.8) is 0 Å². The Bertz CT molecular complexity index is 1840. The summed E-state index contributed by atoms with van der Waals surface area (Å²) < 4.78 is 22.3. The zero-order chi connectivity index (χ0) is 32.2. The van der Waals surface area contributed by atoms with E-state index in [1.807, 2.05) is 30.3 Å². The number of hydrogen-bond acceptors (Lipinski definition) is 9. The van der Waals surface area contributed by atoms with Gasteiger partial charge in [0.05, 0.1) is 57.6 Å². The van der Waals surface area contributed by atoms with Crippen molar-refractivity contribution < 1.29 is 28.5 Å². The summed E-state index contributed by atoms with van der Waals surface area (Å²) in [5.74, 6) is 1.51. The van der Waals surface area contributed by atoms with Gasteiger partial charge in [-0.25, -0.2) is 0 Å². The summed E-state index contributed by atoms with van der Waals surface area (Å²) in [4.78, 5) is 43.5. The number of hydrogen-bond donors (Lipinski definition) is 3. The molecule has 0 aliphatic heterocycles. The summed E-state index contributed by atoms with van der Waals surface area (Å²) in [6.45, 7) is 3.11. The molecule has 2 atom stereocenters. The van der Waals surface area contributed by atoms with E-state index in [2.05, 4.69) is 20.9 Å². The van der Waals surface area contributed by atoms with Gasteiger partial charge in [0.1, 0.15) is 11.8 Å². The lowest BCUT2D eigenvalue weighted by Gasteiger charge is -2.19. The molecular formula is C34H36N4O7. The summed E-state index contributed by atoms with van der Waals surface area (Å²) in [7, 11) is 6.23. The van der Waals surface area contributed by atoms with E-state index in [0.29, 0.717) is 52.7 Å². The highest BCUT2D eigenvalue weighted by molar-refractivity contribution is 5.97. The number of benzene rings is 2. The van der Waals surface area contributed by atoms with Crippen LogP contribution in [-0.2, 0) is 16.0 Å². The average Bonchev–Trinajstić information content (AvgIpc) is 3.27. The topological polar surface area (TPSA) is 137 Å². The molecular weight excluding hydrogens is 576 g/mol. The molecule has 4 aromatic rings. The van der Waals surface area contributed by atoms with E-state index in [1.165, 1.54) is 20.1 Å². The number of rotatable bonds is 9. The lowest BCUT2D eigenvalue weighted by atomic mass is 9.95. The van der Waals surface area contributed by atoms with E-state index in [0.717, 1.165) is 22.0 Å². The standard InChI is InChI=1S/C34H36N4O7/c1-18(34(41)38-22-13-20-7-9-23(42-3)15-28(20)35-17-22)36-27-12-10-24-25(16-29(27)40)26(37-19(2)39)11-8-21-14-30(43-4)32(44-5)33(45-6)31(21)24/h7,9-10,12-18,26H,8,11H2,1-6H3,(H,36,40)(H,37,39)(H,38,41). The first-order chi connectivity index (χ1) is 21.7. The number of aromatic nitrogens is 1. The zero-order valence-electron chi connectivity index (χ0n) is 26.1. The molecule has 1 heterocycles. The van der Waals surface area contributed by atoms with Gasteiger partial charge in [0.25, 0.3) is 0 Å². The maximum absolute atomic E-state index is 13.6. The predicted octanol–water partition coefficient (Wildman–Crippen LogP) is 4.86. The number of amides is 2. The van der Waals surface area contributed by atoms with Crippen LogP contribution in [0.3, 0.4) is 0 Å². The lowest BCUT2D eigenvalue weighted by molar-refractivity contribution is -0.119. The van der Waals surface area contributed by atoms with E-state index in [4.69, 9.17) is 18.9 Å². The third-order valence-electron chi connectivity index (χ3n) is 7.84. The highest BCUT2D eigenvalue weighted by Gasteiger charge is 2.29. The number of carbonyl (C=O) groups excluding carboxylic acids is 2. The molecule has 1 aromatic heterocycles. The minimum Gasteiger partial charge on any atom is -0.497 e. The largest absolute Gasteiger partial charge is 0.497 e. The molecule has 0 spiro atoms. The van der Waals surface area contributed by atoms with Crippen molar-refractivity contribution in [1.29, 1.82) is 0 Å². The number of aryl methyl sites for hydroxylation is 1. The van der Waals surface area contributed by atoms with E-state index in [1.54, 1.807) is 46.6 Å². The van der Waals surface area contributed by atoms with Gasteiger partial charge in [-0.15, -0.1) is 0 Å². The smallest absolute Gasteiger partial charge is 0.246 e.